The van der Waals surface area contributed by atoms with Crippen molar-refractivity contribution >= 4 is 5.78 Å². The van der Waals surface area contributed by atoms with Crippen molar-refractivity contribution in [3.8, 4) is 5.75 Å². The molecule has 0 N–H and O–H groups in total. The molecule has 1 aromatic rings. The maximum absolute atomic E-state index is 12.2. The molecule has 4 nitrogen and oxygen atoms in total. The van der Waals surface area contributed by atoms with Gasteiger partial charge in [0.15, 0.2) is 5.78 Å². The number of Topliss-reactive ketones (excluding diaryl/α,β-unsaturated/α-hetero) is 1. The first kappa shape index (κ1) is 14.0. The Labute approximate surface area is 114 Å². The van der Waals surface area contributed by atoms with Crippen LogP contribution in [0.2, 0.25) is 0 Å². The fourth-order valence-corrected chi connectivity index (χ4v) is 2.16. The number of rotatable bonds is 6. The maximum atomic E-state index is 12.2. The van der Waals surface area contributed by atoms with Crippen LogP contribution in [0.15, 0.2) is 18.5 Å². The van der Waals surface area contributed by atoms with Crippen LogP contribution in [0.25, 0.3) is 0 Å². The van der Waals surface area contributed by atoms with E-state index in [-0.39, 0.29) is 11.9 Å². The van der Waals surface area contributed by atoms with Gasteiger partial charge in [0.25, 0.3) is 0 Å². The summed E-state index contributed by atoms with van der Waals surface area (Å²) in [7, 11) is 0. The predicted molar refractivity (Wildman–Crippen MR) is 72.6 cm³/mol. The zero-order chi connectivity index (χ0) is 13.5. The van der Waals surface area contributed by atoms with Crippen molar-refractivity contribution in [1.82, 2.24) is 4.98 Å². The second kappa shape index (κ2) is 7.24. The number of nitrogens with zero attached hydrogens (tertiary/aromatic N) is 1. The molecule has 2 rings (SSSR count). The van der Waals surface area contributed by atoms with Crippen LogP contribution in [0.5, 0.6) is 5.75 Å². The summed E-state index contributed by atoms with van der Waals surface area (Å²) >= 11 is 0. The average molecular weight is 263 g/mol. The Morgan fingerprint density at radius 1 is 1.47 bits per heavy atom. The van der Waals surface area contributed by atoms with Crippen molar-refractivity contribution < 1.29 is 14.3 Å². The minimum absolute atomic E-state index is 0.0708. The first-order chi connectivity index (χ1) is 9.29. The van der Waals surface area contributed by atoms with Crippen molar-refractivity contribution in [2.45, 2.75) is 45.1 Å². The number of carbonyl (C=O) groups is 1. The van der Waals surface area contributed by atoms with Crippen molar-refractivity contribution in [2.75, 3.05) is 13.2 Å². The van der Waals surface area contributed by atoms with Crippen LogP contribution in [-0.4, -0.2) is 30.1 Å². The second-order valence-corrected chi connectivity index (χ2v) is 4.87. The van der Waals surface area contributed by atoms with Gasteiger partial charge in [-0.15, -0.1) is 0 Å². The van der Waals surface area contributed by atoms with Gasteiger partial charge in [-0.3, -0.25) is 9.78 Å². The van der Waals surface area contributed by atoms with Gasteiger partial charge >= 0.3 is 0 Å². The summed E-state index contributed by atoms with van der Waals surface area (Å²) in [6.07, 6.45) is 7.93. The van der Waals surface area contributed by atoms with E-state index >= 15 is 0 Å². The molecule has 1 atom stereocenters. The molecule has 0 saturated carbocycles. The van der Waals surface area contributed by atoms with Crippen molar-refractivity contribution in [3.05, 3.63) is 24.0 Å². The van der Waals surface area contributed by atoms with E-state index < -0.39 is 0 Å². The molecule has 0 aliphatic carbocycles. The Balaban J connectivity index is 1.93. The zero-order valence-electron chi connectivity index (χ0n) is 11.4. The summed E-state index contributed by atoms with van der Waals surface area (Å²) in [5, 5.41) is 0. The van der Waals surface area contributed by atoms with Gasteiger partial charge in [0.1, 0.15) is 5.75 Å². The number of hydrogen-bond acceptors (Lipinski definition) is 4. The van der Waals surface area contributed by atoms with Gasteiger partial charge in [-0.2, -0.15) is 0 Å². The number of carbonyl (C=O) groups excluding carboxylic acids is 1. The number of ketones is 1. The SMILES string of the molecule is CCCOc1cncc(C(=O)CC2CCCCO2)c1. The minimum atomic E-state index is 0.0708. The molecule has 0 aromatic carbocycles. The third kappa shape index (κ3) is 4.31. The Hall–Kier alpha value is -1.42. The van der Waals surface area contributed by atoms with E-state index in [0.717, 1.165) is 32.3 Å². The Bertz CT molecular complexity index is 414. The summed E-state index contributed by atoms with van der Waals surface area (Å²) in [5.41, 5.74) is 0.614. The number of ether oxygens (including phenoxy) is 2. The molecule has 1 aliphatic rings. The van der Waals surface area contributed by atoms with Gasteiger partial charge in [-0.1, -0.05) is 6.92 Å². The fourth-order valence-electron chi connectivity index (χ4n) is 2.16. The van der Waals surface area contributed by atoms with Gasteiger partial charge in [0.05, 0.1) is 18.9 Å². The number of hydrogen-bond donors (Lipinski definition) is 0. The molecule has 0 bridgehead atoms. The molecule has 1 aromatic heterocycles. The van der Waals surface area contributed by atoms with E-state index in [9.17, 15) is 4.79 Å². The van der Waals surface area contributed by atoms with Crippen molar-refractivity contribution in [3.63, 3.8) is 0 Å². The van der Waals surface area contributed by atoms with Crippen LogP contribution >= 0.6 is 0 Å². The van der Waals surface area contributed by atoms with Crippen LogP contribution in [-0.2, 0) is 4.74 Å². The molecule has 1 aliphatic heterocycles. The van der Waals surface area contributed by atoms with Crippen molar-refractivity contribution in [2.24, 2.45) is 0 Å². The molecule has 1 unspecified atom stereocenters. The third-order valence-corrected chi connectivity index (χ3v) is 3.20. The van der Waals surface area contributed by atoms with E-state index in [1.54, 1.807) is 18.5 Å². The normalized spacial score (nSPS) is 19.1. The fraction of sp³-hybridized carbons (Fsp3) is 0.600. The second-order valence-electron chi connectivity index (χ2n) is 4.87. The molecule has 104 valence electrons. The Morgan fingerprint density at radius 3 is 3.11 bits per heavy atom. The monoisotopic (exact) mass is 263 g/mol. The van der Waals surface area contributed by atoms with Crippen LogP contribution in [0.1, 0.15) is 49.4 Å². The van der Waals surface area contributed by atoms with Crippen molar-refractivity contribution in [1.29, 1.82) is 0 Å². The van der Waals surface area contributed by atoms with E-state index in [1.165, 1.54) is 0 Å². The first-order valence-electron chi connectivity index (χ1n) is 7.02. The third-order valence-electron chi connectivity index (χ3n) is 3.20. The topological polar surface area (TPSA) is 48.4 Å². The molecule has 1 saturated heterocycles. The Morgan fingerprint density at radius 2 is 2.37 bits per heavy atom. The minimum Gasteiger partial charge on any atom is -0.492 e. The summed E-state index contributed by atoms with van der Waals surface area (Å²) < 4.78 is 11.1. The van der Waals surface area contributed by atoms with Gasteiger partial charge in [-0.05, 0) is 31.7 Å². The summed E-state index contributed by atoms with van der Waals surface area (Å²) in [6.45, 7) is 3.46. The zero-order valence-corrected chi connectivity index (χ0v) is 11.4. The van der Waals surface area contributed by atoms with Gasteiger partial charge in [-0.25, -0.2) is 0 Å². The highest BCUT2D eigenvalue weighted by Gasteiger charge is 2.19. The predicted octanol–water partition coefficient (Wildman–Crippen LogP) is 3.01. The highest BCUT2D eigenvalue weighted by molar-refractivity contribution is 5.96. The van der Waals surface area contributed by atoms with Crippen LogP contribution in [0.4, 0.5) is 0 Å². The lowest BCUT2D eigenvalue weighted by atomic mass is 10.0. The van der Waals surface area contributed by atoms with Gasteiger partial charge in [0, 0.05) is 24.8 Å². The lowest BCUT2D eigenvalue weighted by Gasteiger charge is -2.21. The highest BCUT2D eigenvalue weighted by atomic mass is 16.5. The highest BCUT2D eigenvalue weighted by Crippen LogP contribution is 2.19. The number of aromatic nitrogens is 1. The molecule has 0 spiro atoms. The van der Waals surface area contributed by atoms with E-state index in [2.05, 4.69) is 4.98 Å². The van der Waals surface area contributed by atoms with Crippen LogP contribution in [0.3, 0.4) is 0 Å². The number of pyridine rings is 1. The molecular formula is C15H21NO3. The van der Waals surface area contributed by atoms with Crippen LogP contribution in [0, 0.1) is 0 Å². The van der Waals surface area contributed by atoms with Crippen LogP contribution < -0.4 is 4.74 Å². The lowest BCUT2D eigenvalue weighted by Crippen LogP contribution is -2.22. The summed E-state index contributed by atoms with van der Waals surface area (Å²) in [4.78, 5) is 16.2. The Kier molecular flexibility index (Phi) is 5.33. The summed E-state index contributed by atoms with van der Waals surface area (Å²) in [5.74, 6) is 0.749. The molecule has 4 heteroatoms. The van der Waals surface area contributed by atoms with Gasteiger partial charge < -0.3 is 9.47 Å². The molecule has 0 radical (unpaired) electrons. The largest absolute Gasteiger partial charge is 0.492 e. The molecule has 0 amide bonds. The molecule has 1 fully saturated rings. The first-order valence-corrected chi connectivity index (χ1v) is 7.02. The average Bonchev–Trinajstić information content (AvgIpc) is 2.46. The quantitative estimate of drug-likeness (QED) is 0.740. The standard InChI is InChI=1S/C15H21NO3/c1-2-6-18-14-8-12(10-16-11-14)15(17)9-13-5-3-4-7-19-13/h8,10-11,13H,2-7,9H2,1H3. The smallest absolute Gasteiger partial charge is 0.167 e. The lowest BCUT2D eigenvalue weighted by molar-refractivity contribution is 0.0129. The molecule has 19 heavy (non-hydrogen) atoms. The van der Waals surface area contributed by atoms with E-state index in [1.807, 2.05) is 6.92 Å². The van der Waals surface area contributed by atoms with E-state index in [0.29, 0.717) is 24.3 Å². The van der Waals surface area contributed by atoms with E-state index in [4.69, 9.17) is 9.47 Å². The molecule has 2 heterocycles. The van der Waals surface area contributed by atoms with Gasteiger partial charge in [0.2, 0.25) is 0 Å². The summed E-state index contributed by atoms with van der Waals surface area (Å²) in [6, 6.07) is 1.77. The molecular weight excluding hydrogens is 242 g/mol. The maximum Gasteiger partial charge on any atom is 0.167 e.